The molecule has 3 bridgehead atoms. The molecule has 1 amide bonds. The number of nitrogens with zero attached hydrogens (tertiary/aromatic N) is 2. The third kappa shape index (κ3) is 2.46. The molecule has 2 aliphatic heterocycles. The Balaban J connectivity index is 1.69. The molecule has 136 valence electrons. The number of aliphatic hydroxyl groups excluding tert-OH is 1. The molecule has 1 saturated carbocycles. The molecule has 1 aromatic rings. The van der Waals surface area contributed by atoms with Crippen molar-refractivity contribution in [1.82, 2.24) is 19.8 Å². The van der Waals surface area contributed by atoms with E-state index in [-0.39, 0.29) is 29.0 Å². The van der Waals surface area contributed by atoms with Gasteiger partial charge < -0.3 is 15.0 Å². The minimum absolute atomic E-state index is 0.00164. The summed E-state index contributed by atoms with van der Waals surface area (Å²) in [4.78, 5) is 44.4. The van der Waals surface area contributed by atoms with Gasteiger partial charge in [-0.25, -0.2) is 4.79 Å². The topological polar surface area (TPSA) is 110 Å². The Labute approximate surface area is 144 Å². The van der Waals surface area contributed by atoms with Gasteiger partial charge in [-0.1, -0.05) is 6.92 Å². The van der Waals surface area contributed by atoms with Gasteiger partial charge in [-0.3, -0.25) is 19.5 Å². The maximum absolute atomic E-state index is 12.9. The number of amides is 1. The number of carbonyl (C=O) groups excluding carboxylic acids is 1. The van der Waals surface area contributed by atoms with Crippen LogP contribution in [0.15, 0.2) is 15.7 Å². The van der Waals surface area contributed by atoms with Crippen LogP contribution in [0.3, 0.4) is 0 Å². The van der Waals surface area contributed by atoms with Crippen LogP contribution in [0.25, 0.3) is 0 Å². The van der Waals surface area contributed by atoms with Crippen LogP contribution in [0.1, 0.15) is 36.7 Å². The second-order valence-corrected chi connectivity index (χ2v) is 8.04. The van der Waals surface area contributed by atoms with Crippen molar-refractivity contribution in [3.05, 3.63) is 32.6 Å². The molecule has 3 heterocycles. The largest absolute Gasteiger partial charge is 0.392 e. The molecule has 4 rings (SSSR count). The highest BCUT2D eigenvalue weighted by molar-refractivity contribution is 5.92. The lowest BCUT2D eigenvalue weighted by molar-refractivity contribution is -0.0661. The Morgan fingerprint density at radius 2 is 2.04 bits per heavy atom. The molecular weight excluding hydrogens is 324 g/mol. The molecule has 8 nitrogen and oxygen atoms in total. The molecule has 8 heteroatoms. The van der Waals surface area contributed by atoms with Gasteiger partial charge in [-0.2, -0.15) is 0 Å². The molecular formula is C17H24N4O4. The number of fused-ring (bicyclic) bond motifs is 2. The van der Waals surface area contributed by atoms with Crippen LogP contribution in [0, 0.1) is 11.3 Å². The number of hydrogen-bond acceptors (Lipinski definition) is 5. The number of aliphatic hydroxyl groups is 1. The fourth-order valence-electron chi connectivity index (χ4n) is 5.34. The number of aromatic nitrogens is 2. The van der Waals surface area contributed by atoms with Crippen molar-refractivity contribution in [2.75, 3.05) is 20.1 Å². The van der Waals surface area contributed by atoms with Gasteiger partial charge in [0, 0.05) is 42.6 Å². The fourth-order valence-corrected chi connectivity index (χ4v) is 5.34. The first-order valence-corrected chi connectivity index (χ1v) is 8.82. The van der Waals surface area contributed by atoms with Crippen LogP contribution < -0.4 is 11.2 Å². The first-order chi connectivity index (χ1) is 11.8. The molecule has 25 heavy (non-hydrogen) atoms. The minimum Gasteiger partial charge on any atom is -0.392 e. The standard InChI is InChI=1S/C17H24N4O4/c1-17-6-10-8-21(15(24)11-5-13(22)19-16(25)18-11)7-9(14(17)23)3-4-12(17)20(10)2/h5,9-10,12,14,23H,3-4,6-8H2,1-2H3,(H2,18,19,22,25)/t9-,10-,12-,14+,17-/m0/s1. The molecule has 0 aromatic carbocycles. The number of nitrogens with one attached hydrogen (secondary N) is 2. The van der Waals surface area contributed by atoms with Crippen molar-refractivity contribution in [2.24, 2.45) is 11.3 Å². The van der Waals surface area contributed by atoms with Gasteiger partial charge in [-0.05, 0) is 26.3 Å². The van der Waals surface area contributed by atoms with Gasteiger partial charge in [0.25, 0.3) is 11.5 Å². The summed E-state index contributed by atoms with van der Waals surface area (Å²) in [6, 6.07) is 1.62. The van der Waals surface area contributed by atoms with E-state index >= 15 is 0 Å². The van der Waals surface area contributed by atoms with Gasteiger partial charge in [0.15, 0.2) is 0 Å². The summed E-state index contributed by atoms with van der Waals surface area (Å²) < 4.78 is 0. The second kappa shape index (κ2) is 5.54. The lowest BCUT2D eigenvalue weighted by Gasteiger charge is -2.47. The van der Waals surface area contributed by atoms with Crippen molar-refractivity contribution in [1.29, 1.82) is 0 Å². The van der Waals surface area contributed by atoms with E-state index in [1.165, 1.54) is 0 Å². The number of carbonyl (C=O) groups is 1. The van der Waals surface area contributed by atoms with E-state index in [1.54, 1.807) is 4.90 Å². The monoisotopic (exact) mass is 348 g/mol. The summed E-state index contributed by atoms with van der Waals surface area (Å²) >= 11 is 0. The first kappa shape index (κ1) is 16.5. The SMILES string of the molecule is CN1[C@@H]2CN(C(=O)c3cc(=O)[nH]c(=O)[nH]3)C[C@@H]3CC[C@H]1[C@](C)(C2)[C@@H]3O. The number of hydrogen-bond donors (Lipinski definition) is 3. The highest BCUT2D eigenvalue weighted by Gasteiger charge is 2.57. The van der Waals surface area contributed by atoms with Crippen molar-refractivity contribution in [3.63, 3.8) is 0 Å². The zero-order valence-corrected chi connectivity index (χ0v) is 14.5. The summed E-state index contributed by atoms with van der Waals surface area (Å²) in [7, 11) is 2.07. The molecule has 1 aromatic heterocycles. The van der Waals surface area contributed by atoms with Crippen LogP contribution >= 0.6 is 0 Å². The average molecular weight is 348 g/mol. The van der Waals surface area contributed by atoms with Crippen LogP contribution in [-0.4, -0.2) is 69.1 Å². The van der Waals surface area contributed by atoms with Gasteiger partial charge in [0.1, 0.15) is 5.69 Å². The fraction of sp³-hybridized carbons (Fsp3) is 0.706. The molecule has 0 spiro atoms. The highest BCUT2D eigenvalue weighted by atomic mass is 16.3. The Morgan fingerprint density at radius 1 is 1.28 bits per heavy atom. The molecule has 3 fully saturated rings. The number of aromatic amines is 2. The molecule has 0 unspecified atom stereocenters. The highest BCUT2D eigenvalue weighted by Crippen LogP contribution is 2.52. The van der Waals surface area contributed by atoms with E-state index in [0.29, 0.717) is 19.1 Å². The van der Waals surface area contributed by atoms with Crippen molar-refractivity contribution in [2.45, 2.75) is 44.4 Å². The normalized spacial score (nSPS) is 37.8. The third-order valence-electron chi connectivity index (χ3n) is 6.60. The first-order valence-electron chi connectivity index (χ1n) is 8.82. The van der Waals surface area contributed by atoms with Crippen LogP contribution in [0.2, 0.25) is 0 Å². The predicted octanol–water partition coefficient (Wildman–Crippen LogP) is -0.631. The van der Waals surface area contributed by atoms with Crippen LogP contribution in [0.4, 0.5) is 0 Å². The van der Waals surface area contributed by atoms with Crippen LogP contribution in [-0.2, 0) is 0 Å². The molecule has 1 aliphatic carbocycles. The van der Waals surface area contributed by atoms with Gasteiger partial charge >= 0.3 is 5.69 Å². The molecule has 3 N–H and O–H groups in total. The summed E-state index contributed by atoms with van der Waals surface area (Å²) in [5.74, 6) is -0.339. The van der Waals surface area contributed by atoms with Crippen molar-refractivity contribution >= 4 is 5.91 Å². The Kier molecular flexibility index (Phi) is 3.66. The Morgan fingerprint density at radius 3 is 2.76 bits per heavy atom. The van der Waals surface area contributed by atoms with Crippen LogP contribution in [0.5, 0.6) is 0 Å². The average Bonchev–Trinajstić information content (AvgIpc) is 2.83. The minimum atomic E-state index is -0.686. The molecule has 3 aliphatic rings. The van der Waals surface area contributed by atoms with Crippen molar-refractivity contribution in [3.8, 4) is 0 Å². The van der Waals surface area contributed by atoms with Gasteiger partial charge in [-0.15, -0.1) is 0 Å². The van der Waals surface area contributed by atoms with Gasteiger partial charge in [0.05, 0.1) is 6.10 Å². The maximum Gasteiger partial charge on any atom is 0.326 e. The number of rotatable bonds is 1. The number of likely N-dealkylation sites (tertiary alicyclic amines) is 2. The van der Waals surface area contributed by atoms with E-state index in [1.807, 2.05) is 0 Å². The quantitative estimate of drug-likeness (QED) is 0.626. The lowest BCUT2D eigenvalue weighted by atomic mass is 9.64. The molecule has 0 radical (unpaired) electrons. The third-order valence-corrected chi connectivity index (χ3v) is 6.60. The predicted molar refractivity (Wildman–Crippen MR) is 90.4 cm³/mol. The summed E-state index contributed by atoms with van der Waals surface area (Å²) in [5, 5.41) is 10.9. The summed E-state index contributed by atoms with van der Waals surface area (Å²) in [6.07, 6.45) is 2.29. The van der Waals surface area contributed by atoms with E-state index < -0.39 is 17.4 Å². The van der Waals surface area contributed by atoms with Crippen molar-refractivity contribution < 1.29 is 9.90 Å². The smallest absolute Gasteiger partial charge is 0.326 e. The van der Waals surface area contributed by atoms with E-state index in [9.17, 15) is 19.5 Å². The van der Waals surface area contributed by atoms with Gasteiger partial charge in [0.2, 0.25) is 0 Å². The second-order valence-electron chi connectivity index (χ2n) is 8.04. The Bertz CT molecular complexity index is 787. The zero-order valence-electron chi connectivity index (χ0n) is 14.5. The Hall–Kier alpha value is -1.93. The van der Waals surface area contributed by atoms with E-state index in [4.69, 9.17) is 0 Å². The molecule has 2 saturated heterocycles. The summed E-state index contributed by atoms with van der Waals surface area (Å²) in [6.45, 7) is 3.15. The van der Waals surface area contributed by atoms with E-state index in [2.05, 4.69) is 28.8 Å². The maximum atomic E-state index is 12.9. The molecule has 5 atom stereocenters. The van der Waals surface area contributed by atoms with E-state index in [0.717, 1.165) is 25.3 Å². The summed E-state index contributed by atoms with van der Waals surface area (Å²) in [5.41, 5.74) is -1.41. The lowest BCUT2D eigenvalue weighted by Crippen LogP contribution is -2.53. The number of H-pyrrole nitrogens is 2. The zero-order chi connectivity index (χ0) is 17.9. The number of likely N-dealkylation sites (N-methyl/N-ethyl adjacent to an activating group) is 1.